The zero-order valence-electron chi connectivity index (χ0n) is 7.42. The van der Waals surface area contributed by atoms with Crippen molar-refractivity contribution in [2.45, 2.75) is 24.8 Å². The van der Waals surface area contributed by atoms with Gasteiger partial charge in [0, 0.05) is 16.3 Å². The third-order valence-corrected chi connectivity index (χ3v) is 4.81. The van der Waals surface area contributed by atoms with Crippen molar-refractivity contribution >= 4 is 34.7 Å². The van der Waals surface area contributed by atoms with E-state index in [-0.39, 0.29) is 0 Å². The Bertz CT molecular complexity index is 287. The number of hydrogen-bond donors (Lipinski definition) is 1. The number of thioether (sulfide) groups is 1. The van der Waals surface area contributed by atoms with E-state index in [4.69, 9.17) is 11.6 Å². The summed E-state index contributed by atoms with van der Waals surface area (Å²) in [6.07, 6.45) is 1.26. The van der Waals surface area contributed by atoms with Gasteiger partial charge in [0.1, 0.15) is 0 Å². The highest BCUT2D eigenvalue weighted by molar-refractivity contribution is 7.99. The van der Waals surface area contributed by atoms with Crippen LogP contribution in [0.2, 0.25) is 5.02 Å². The molecule has 0 saturated carbocycles. The minimum atomic E-state index is 0.459. The number of rotatable bonds is 1. The molecule has 1 nitrogen and oxygen atoms in total. The van der Waals surface area contributed by atoms with Gasteiger partial charge in [0.15, 0.2) is 0 Å². The van der Waals surface area contributed by atoms with Gasteiger partial charge in [0.2, 0.25) is 0 Å². The lowest BCUT2D eigenvalue weighted by Gasteiger charge is -2.27. The lowest BCUT2D eigenvalue weighted by molar-refractivity contribution is 0.515. The van der Waals surface area contributed by atoms with E-state index < -0.39 is 0 Å². The molecule has 1 saturated heterocycles. The van der Waals surface area contributed by atoms with Crippen LogP contribution in [0.5, 0.6) is 0 Å². The zero-order valence-corrected chi connectivity index (χ0v) is 9.81. The SMILES string of the molecule is CC1CCSC(c2cc(Cl)cs2)N1. The van der Waals surface area contributed by atoms with Crippen LogP contribution in [-0.2, 0) is 0 Å². The van der Waals surface area contributed by atoms with E-state index in [1.807, 2.05) is 17.1 Å². The van der Waals surface area contributed by atoms with Crippen LogP contribution in [0.3, 0.4) is 0 Å². The fraction of sp³-hybridized carbons (Fsp3) is 0.556. The van der Waals surface area contributed by atoms with Crippen molar-refractivity contribution in [3.8, 4) is 0 Å². The summed E-state index contributed by atoms with van der Waals surface area (Å²) in [4.78, 5) is 1.35. The van der Waals surface area contributed by atoms with Crippen LogP contribution in [0.1, 0.15) is 23.6 Å². The Labute approximate surface area is 91.9 Å². The summed E-state index contributed by atoms with van der Waals surface area (Å²) in [5.41, 5.74) is 0. The fourth-order valence-electron chi connectivity index (χ4n) is 1.38. The number of thiophene rings is 1. The molecule has 2 rings (SSSR count). The minimum absolute atomic E-state index is 0.459. The molecule has 2 atom stereocenters. The monoisotopic (exact) mass is 233 g/mol. The molecule has 72 valence electrons. The third kappa shape index (κ3) is 2.40. The van der Waals surface area contributed by atoms with Crippen LogP contribution < -0.4 is 5.32 Å². The van der Waals surface area contributed by atoms with E-state index in [1.54, 1.807) is 11.3 Å². The van der Waals surface area contributed by atoms with E-state index in [0.29, 0.717) is 11.4 Å². The average molecular weight is 234 g/mol. The Morgan fingerprint density at radius 2 is 2.46 bits per heavy atom. The van der Waals surface area contributed by atoms with Crippen LogP contribution >= 0.6 is 34.7 Å². The van der Waals surface area contributed by atoms with Gasteiger partial charge in [-0.15, -0.1) is 23.1 Å². The van der Waals surface area contributed by atoms with Crippen molar-refractivity contribution in [1.29, 1.82) is 0 Å². The second kappa shape index (κ2) is 4.22. The first-order valence-electron chi connectivity index (χ1n) is 4.37. The van der Waals surface area contributed by atoms with Gasteiger partial charge in [0.05, 0.1) is 10.4 Å². The highest BCUT2D eigenvalue weighted by atomic mass is 35.5. The average Bonchev–Trinajstić information content (AvgIpc) is 2.52. The summed E-state index contributed by atoms with van der Waals surface area (Å²) in [6.45, 7) is 2.24. The van der Waals surface area contributed by atoms with Crippen LogP contribution in [0.15, 0.2) is 11.4 Å². The molecule has 1 fully saturated rings. The molecule has 0 spiro atoms. The van der Waals surface area contributed by atoms with Gasteiger partial charge < -0.3 is 0 Å². The maximum Gasteiger partial charge on any atom is 0.0885 e. The van der Waals surface area contributed by atoms with E-state index >= 15 is 0 Å². The predicted molar refractivity (Wildman–Crippen MR) is 61.7 cm³/mol. The Morgan fingerprint density at radius 1 is 1.62 bits per heavy atom. The molecule has 2 unspecified atom stereocenters. The highest BCUT2D eigenvalue weighted by Crippen LogP contribution is 2.35. The first kappa shape index (κ1) is 9.84. The summed E-state index contributed by atoms with van der Waals surface area (Å²) in [5.74, 6) is 1.24. The normalized spacial score (nSPS) is 29.1. The number of hydrogen-bond acceptors (Lipinski definition) is 3. The van der Waals surface area contributed by atoms with Crippen LogP contribution in [0, 0.1) is 0 Å². The molecule has 1 N–H and O–H groups in total. The summed E-state index contributed by atoms with van der Waals surface area (Å²) in [5, 5.41) is 6.88. The van der Waals surface area contributed by atoms with Gasteiger partial charge >= 0.3 is 0 Å². The second-order valence-electron chi connectivity index (χ2n) is 3.27. The Balaban J connectivity index is 2.08. The lowest BCUT2D eigenvalue weighted by atomic mass is 10.2. The van der Waals surface area contributed by atoms with Crippen molar-refractivity contribution in [1.82, 2.24) is 5.32 Å². The number of nitrogens with one attached hydrogen (secondary N) is 1. The molecule has 0 aliphatic carbocycles. The van der Waals surface area contributed by atoms with E-state index in [2.05, 4.69) is 18.3 Å². The van der Waals surface area contributed by atoms with Gasteiger partial charge in [-0.2, -0.15) is 0 Å². The van der Waals surface area contributed by atoms with Crippen LogP contribution in [0.25, 0.3) is 0 Å². The maximum absolute atomic E-state index is 5.89. The van der Waals surface area contributed by atoms with Gasteiger partial charge in [-0.05, 0) is 25.2 Å². The molecular weight excluding hydrogens is 222 g/mol. The summed E-state index contributed by atoms with van der Waals surface area (Å²) in [6, 6.07) is 2.70. The van der Waals surface area contributed by atoms with Crippen LogP contribution in [-0.4, -0.2) is 11.8 Å². The molecule has 13 heavy (non-hydrogen) atoms. The first-order valence-corrected chi connectivity index (χ1v) is 6.68. The molecule has 1 aliphatic rings. The molecule has 1 aliphatic heterocycles. The van der Waals surface area contributed by atoms with Crippen LogP contribution in [0.4, 0.5) is 0 Å². The summed E-state index contributed by atoms with van der Waals surface area (Å²) >= 11 is 9.61. The van der Waals surface area contributed by atoms with E-state index in [0.717, 1.165) is 5.02 Å². The Morgan fingerprint density at radius 3 is 3.08 bits per heavy atom. The van der Waals surface area contributed by atoms with Crippen molar-refractivity contribution in [3.63, 3.8) is 0 Å². The molecule has 0 radical (unpaired) electrons. The van der Waals surface area contributed by atoms with Crippen molar-refractivity contribution < 1.29 is 0 Å². The predicted octanol–water partition coefficient (Wildman–Crippen LogP) is 3.52. The largest absolute Gasteiger partial charge is 0.298 e. The third-order valence-electron chi connectivity index (χ3n) is 2.12. The molecule has 0 bridgehead atoms. The highest BCUT2D eigenvalue weighted by Gasteiger charge is 2.20. The molecule has 1 aromatic rings. The zero-order chi connectivity index (χ0) is 9.26. The van der Waals surface area contributed by atoms with Crippen molar-refractivity contribution in [2.75, 3.05) is 5.75 Å². The molecule has 0 aromatic carbocycles. The summed E-state index contributed by atoms with van der Waals surface area (Å²) < 4.78 is 0. The van der Waals surface area contributed by atoms with Crippen molar-refractivity contribution in [2.24, 2.45) is 0 Å². The molecule has 1 aromatic heterocycles. The smallest absolute Gasteiger partial charge is 0.0885 e. The van der Waals surface area contributed by atoms with Gasteiger partial charge in [-0.25, -0.2) is 0 Å². The Hall–Kier alpha value is 0.300. The fourth-order valence-corrected chi connectivity index (χ4v) is 4.06. The maximum atomic E-state index is 5.89. The van der Waals surface area contributed by atoms with Gasteiger partial charge in [0.25, 0.3) is 0 Å². The quantitative estimate of drug-likeness (QED) is 0.797. The first-order chi connectivity index (χ1) is 6.25. The number of halogens is 1. The van der Waals surface area contributed by atoms with E-state index in [1.165, 1.54) is 17.1 Å². The minimum Gasteiger partial charge on any atom is -0.298 e. The topological polar surface area (TPSA) is 12.0 Å². The molecule has 4 heteroatoms. The lowest BCUT2D eigenvalue weighted by Crippen LogP contribution is -2.33. The molecule has 0 amide bonds. The van der Waals surface area contributed by atoms with Gasteiger partial charge in [-0.3, -0.25) is 5.32 Å². The van der Waals surface area contributed by atoms with E-state index in [9.17, 15) is 0 Å². The molecule has 2 heterocycles. The molecular formula is C9H12ClNS2. The van der Waals surface area contributed by atoms with Gasteiger partial charge in [-0.1, -0.05) is 11.6 Å². The standard InChI is InChI=1S/C9H12ClNS2/c1-6-2-3-12-9(11-6)8-4-7(10)5-13-8/h4-6,9,11H,2-3H2,1H3. The Kier molecular flexibility index (Phi) is 3.19. The summed E-state index contributed by atoms with van der Waals surface area (Å²) in [7, 11) is 0. The van der Waals surface area contributed by atoms with Crippen molar-refractivity contribution in [3.05, 3.63) is 21.3 Å². The second-order valence-corrected chi connectivity index (χ2v) is 5.87.